The third-order valence-electron chi connectivity index (χ3n) is 7.10. The highest BCUT2D eigenvalue weighted by molar-refractivity contribution is 9.29. The highest BCUT2D eigenvalue weighted by atomic mass is 33.7. The molecule has 0 radical (unpaired) electrons. The van der Waals surface area contributed by atoms with Crippen LogP contribution in [0.4, 0.5) is 0 Å². The molecule has 0 fully saturated rings. The van der Waals surface area contributed by atoms with E-state index in [0.717, 1.165) is 11.1 Å². The molecule has 0 heterocycles. The molecule has 0 unspecified atom stereocenters. The van der Waals surface area contributed by atoms with Gasteiger partial charge in [-0.2, -0.15) is 50.5 Å². The number of hydrogen-bond acceptors (Lipinski definition) is 21. The maximum absolute atomic E-state index is 6.22. The minimum atomic E-state index is -3.20. The van der Waals surface area contributed by atoms with Gasteiger partial charge in [-0.25, -0.2) is 0 Å². The monoisotopic (exact) mass is 1050 g/mol. The first kappa shape index (κ1) is 56.7. The van der Waals surface area contributed by atoms with E-state index < -0.39 is 38.7 Å². The third kappa shape index (κ3) is 18.8. The molecule has 0 N–H and O–H groups in total. The van der Waals surface area contributed by atoms with E-state index in [1.807, 2.05) is 74.4 Å². The summed E-state index contributed by atoms with van der Waals surface area (Å²) in [4.78, 5) is 0. The zero-order valence-corrected chi connectivity index (χ0v) is 46.6. The summed E-state index contributed by atoms with van der Waals surface area (Å²) in [6.07, 6.45) is 0. The van der Waals surface area contributed by atoms with Crippen LogP contribution in [0.25, 0.3) is 0 Å². The highest BCUT2D eigenvalue weighted by Crippen LogP contribution is 2.65. The predicted molar refractivity (Wildman–Crippen MR) is 271 cm³/mol. The molecule has 0 aromatic heterocycles. The van der Waals surface area contributed by atoms with E-state index in [1.165, 1.54) is 0 Å². The Morgan fingerprint density at radius 3 is 1.11 bits per heavy atom. The van der Waals surface area contributed by atoms with Crippen LogP contribution in [-0.4, -0.2) is 101 Å². The molecule has 0 saturated carbocycles. The number of benzene rings is 1. The summed E-state index contributed by atoms with van der Waals surface area (Å²) in [6, 6.07) is 8.51. The Hall–Kier alpha value is 3.71. The van der Waals surface area contributed by atoms with Crippen molar-refractivity contribution in [2.24, 2.45) is 0 Å². The standard InChI is InChI=1S/C31H62O9S12Si3/c1-11-32-53(33-12-2,34-13-3)24-30(41,42)31(43,44)28-23-21-20-22-27(28)29(10,47-51-49-45-25-54(35-14-4,36-15-5)37-16-6)48-52-50-46-26-55(38-17-7,39-18-8)40-19-9/h20-23,41-44H,11-19,24-26H2,1-10H3. The Kier molecular flexibility index (Phi) is 30.9. The third-order valence-corrected chi connectivity index (χ3v) is 37.0. The van der Waals surface area contributed by atoms with Crippen molar-refractivity contribution < 1.29 is 39.8 Å². The van der Waals surface area contributed by atoms with E-state index in [0.29, 0.717) is 70.2 Å². The molecule has 324 valence electrons. The van der Waals surface area contributed by atoms with Gasteiger partial charge in [0.05, 0.1) is 14.8 Å². The summed E-state index contributed by atoms with van der Waals surface area (Å²) in [5.41, 5.74) is 1.92. The zero-order valence-electron chi connectivity index (χ0n) is 33.5. The fourth-order valence-corrected chi connectivity index (χ4v) is 35.2. The molecule has 1 rings (SSSR count). The molecular weight excluding hydrogens is 985 g/mol. The van der Waals surface area contributed by atoms with Crippen LogP contribution in [0.15, 0.2) is 24.3 Å². The van der Waals surface area contributed by atoms with Gasteiger partial charge in [-0.3, -0.25) is 0 Å². The van der Waals surface area contributed by atoms with Crippen LogP contribution in [0.5, 0.6) is 0 Å². The van der Waals surface area contributed by atoms with E-state index in [4.69, 9.17) is 90.3 Å². The lowest BCUT2D eigenvalue weighted by atomic mass is 9.99. The summed E-state index contributed by atoms with van der Waals surface area (Å²) in [5.74, 6) is 0. The lowest BCUT2D eigenvalue weighted by Gasteiger charge is -2.44. The maximum Gasteiger partial charge on any atom is 0.512 e. The Balaban J connectivity index is 3.49. The first-order valence-corrected chi connectivity index (χ1v) is 35.7. The van der Waals surface area contributed by atoms with Gasteiger partial charge in [0.1, 0.15) is 8.16 Å². The minimum Gasteiger partial charge on any atom is -0.374 e. The Morgan fingerprint density at radius 2 is 0.782 bits per heavy atom. The quantitative estimate of drug-likeness (QED) is 0.0171. The Morgan fingerprint density at radius 1 is 0.473 bits per heavy atom. The Bertz CT molecular complexity index is 1090. The largest absolute Gasteiger partial charge is 0.512 e. The van der Waals surface area contributed by atoms with Crippen molar-refractivity contribution >= 4 is 159 Å². The van der Waals surface area contributed by atoms with Crippen molar-refractivity contribution in [1.82, 2.24) is 0 Å². The molecule has 0 spiro atoms. The second-order valence-electron chi connectivity index (χ2n) is 11.1. The summed E-state index contributed by atoms with van der Waals surface area (Å²) in [6.45, 7) is 24.4. The van der Waals surface area contributed by atoms with E-state index in [9.17, 15) is 0 Å². The average Bonchev–Trinajstić information content (AvgIpc) is 3.12. The molecule has 0 amide bonds. The van der Waals surface area contributed by atoms with Crippen molar-refractivity contribution in [1.29, 1.82) is 0 Å². The Labute approximate surface area is 388 Å². The molecule has 55 heavy (non-hydrogen) atoms. The SMILES string of the molecule is CCO[Si](CSSSSC(C)(SSSSC[Si](OCC)(OCC)OCC)c1ccccc1C(S)(S)C(S)(S)C[Si](OCC)(OCC)OCC)(OCC)OCC. The van der Waals surface area contributed by atoms with Crippen LogP contribution < -0.4 is 0 Å². The second kappa shape index (κ2) is 30.0. The molecule has 0 bridgehead atoms. The lowest BCUT2D eigenvalue weighted by molar-refractivity contribution is 0.0703. The lowest BCUT2D eigenvalue weighted by Crippen LogP contribution is -2.53. The van der Waals surface area contributed by atoms with Gasteiger partial charge in [-0.05, 0) is 120 Å². The van der Waals surface area contributed by atoms with Crippen molar-refractivity contribution in [3.05, 3.63) is 35.4 Å². The van der Waals surface area contributed by atoms with Gasteiger partial charge in [0, 0.05) is 65.5 Å². The van der Waals surface area contributed by atoms with Crippen LogP contribution in [0, 0.1) is 0 Å². The van der Waals surface area contributed by atoms with Gasteiger partial charge in [-0.1, -0.05) is 67.4 Å². The van der Waals surface area contributed by atoms with Gasteiger partial charge in [0.2, 0.25) is 0 Å². The molecule has 0 aliphatic rings. The number of rotatable bonds is 35. The molecule has 24 heteroatoms. The van der Waals surface area contributed by atoms with E-state index in [-0.39, 0.29) is 6.04 Å². The number of hydrogen-bond donors (Lipinski definition) is 4. The van der Waals surface area contributed by atoms with Gasteiger partial charge in [0.25, 0.3) is 0 Å². The topological polar surface area (TPSA) is 83.1 Å². The normalized spacial score (nSPS) is 13.6. The molecule has 1 aromatic rings. The summed E-state index contributed by atoms with van der Waals surface area (Å²) in [5, 5.41) is 1.27. The van der Waals surface area contributed by atoms with Crippen molar-refractivity contribution in [2.75, 3.05) is 70.2 Å². The van der Waals surface area contributed by atoms with Crippen LogP contribution in [0.2, 0.25) is 6.04 Å². The molecule has 1 aromatic carbocycles. The molecule has 9 nitrogen and oxygen atoms in total. The van der Waals surface area contributed by atoms with Crippen molar-refractivity contribution in [3.8, 4) is 0 Å². The molecule has 0 saturated heterocycles. The van der Waals surface area contributed by atoms with Gasteiger partial charge < -0.3 is 39.8 Å². The van der Waals surface area contributed by atoms with Gasteiger partial charge in [-0.15, -0.1) is 0 Å². The summed E-state index contributed by atoms with van der Waals surface area (Å²) in [7, 11) is 4.87. The summed E-state index contributed by atoms with van der Waals surface area (Å²) < 4.78 is 52.4. The van der Waals surface area contributed by atoms with Crippen LogP contribution in [0.1, 0.15) is 80.4 Å². The molecule has 0 aliphatic heterocycles. The van der Waals surface area contributed by atoms with E-state index >= 15 is 0 Å². The number of thiol groups is 4. The second-order valence-corrected chi connectivity index (χ2v) is 36.2. The minimum absolute atomic E-state index is 0.277. The van der Waals surface area contributed by atoms with Crippen molar-refractivity contribution in [2.45, 2.75) is 87.5 Å². The summed E-state index contributed by atoms with van der Waals surface area (Å²) >= 11 is 20.8. The smallest absolute Gasteiger partial charge is 0.374 e. The van der Waals surface area contributed by atoms with Gasteiger partial charge in [0.15, 0.2) is 0 Å². The first-order chi connectivity index (χ1) is 26.1. The average molecular weight is 1050 g/mol. The predicted octanol–water partition coefficient (Wildman–Crippen LogP) is 12.0. The van der Waals surface area contributed by atoms with Crippen LogP contribution >= 0.6 is 133 Å². The first-order valence-electron chi connectivity index (χ1n) is 18.2. The highest BCUT2D eigenvalue weighted by Gasteiger charge is 2.55. The fourth-order valence-electron chi connectivity index (χ4n) is 5.07. The van der Waals surface area contributed by atoms with Crippen molar-refractivity contribution in [3.63, 3.8) is 0 Å². The van der Waals surface area contributed by atoms with Gasteiger partial charge >= 0.3 is 26.4 Å². The van der Waals surface area contributed by atoms with E-state index in [2.05, 4.69) is 19.1 Å². The van der Waals surface area contributed by atoms with E-state index in [1.54, 1.807) is 82.5 Å². The maximum atomic E-state index is 6.22. The van der Waals surface area contributed by atoms with Crippen LogP contribution in [0.3, 0.4) is 0 Å². The molecule has 0 atom stereocenters. The molecule has 0 aliphatic carbocycles. The van der Waals surface area contributed by atoms with Crippen LogP contribution in [-0.2, 0) is 48.0 Å². The fraction of sp³-hybridized carbons (Fsp3) is 0.806. The molecular formula is C31H62O9S12Si3. The zero-order chi connectivity index (χ0) is 41.5.